The molecule has 0 spiro atoms. The van der Waals surface area contributed by atoms with Crippen LogP contribution in [-0.2, 0) is 26.1 Å². The fourth-order valence-corrected chi connectivity index (χ4v) is 5.03. The van der Waals surface area contributed by atoms with Crippen molar-refractivity contribution in [3.8, 4) is 0 Å². The van der Waals surface area contributed by atoms with Gasteiger partial charge in [0.1, 0.15) is 5.92 Å². The topological polar surface area (TPSA) is 79.5 Å². The van der Waals surface area contributed by atoms with Crippen molar-refractivity contribution in [1.29, 1.82) is 0 Å². The molecule has 0 radical (unpaired) electrons. The van der Waals surface area contributed by atoms with Gasteiger partial charge in [-0.3, -0.25) is 4.79 Å². The Hall–Kier alpha value is -2.64. The number of benzene rings is 2. The van der Waals surface area contributed by atoms with Crippen molar-refractivity contribution >= 4 is 26.9 Å². The Balaban J connectivity index is 1.83. The quantitative estimate of drug-likeness (QED) is 0.701. The molecule has 1 aromatic heterocycles. The highest BCUT2D eigenvalue weighted by Gasteiger charge is 2.39. The molecule has 0 amide bonds. The molecular formula is C20H20N2O4S. The molecule has 2 heterocycles. The van der Waals surface area contributed by atoms with Crippen molar-refractivity contribution < 1.29 is 17.9 Å². The lowest BCUT2D eigenvalue weighted by Gasteiger charge is -2.31. The Bertz CT molecular complexity index is 1090. The summed E-state index contributed by atoms with van der Waals surface area (Å²) in [6, 6.07) is 16.0. The highest BCUT2D eigenvalue weighted by molar-refractivity contribution is 7.89. The summed E-state index contributed by atoms with van der Waals surface area (Å²) < 4.78 is 32.9. The second-order valence-electron chi connectivity index (χ2n) is 6.48. The number of carbonyl (C=O) groups excluding carboxylic acids is 1. The predicted octanol–water partition coefficient (Wildman–Crippen LogP) is 3.02. The number of nitrogens with zero attached hydrogens (tertiary/aromatic N) is 1. The van der Waals surface area contributed by atoms with Crippen LogP contribution in [-0.4, -0.2) is 36.8 Å². The molecule has 1 aliphatic heterocycles. The Morgan fingerprint density at radius 3 is 2.59 bits per heavy atom. The summed E-state index contributed by atoms with van der Waals surface area (Å²) >= 11 is 0. The number of carbonyl (C=O) groups is 1. The Labute approximate surface area is 157 Å². The number of hydrogen-bond donors (Lipinski definition) is 1. The minimum absolute atomic E-state index is 0.0515. The first-order chi connectivity index (χ1) is 13.0. The smallest absolute Gasteiger partial charge is 0.316 e. The van der Waals surface area contributed by atoms with Gasteiger partial charge in [-0.15, -0.1) is 0 Å². The van der Waals surface area contributed by atoms with Crippen molar-refractivity contribution in [2.24, 2.45) is 0 Å². The third-order valence-electron chi connectivity index (χ3n) is 4.87. The first kappa shape index (κ1) is 17.8. The van der Waals surface area contributed by atoms with Crippen molar-refractivity contribution in [3.63, 3.8) is 0 Å². The van der Waals surface area contributed by atoms with E-state index < -0.39 is 21.9 Å². The van der Waals surface area contributed by atoms with Gasteiger partial charge in [0.15, 0.2) is 0 Å². The lowest BCUT2D eigenvalue weighted by atomic mass is 9.96. The van der Waals surface area contributed by atoms with Gasteiger partial charge in [-0.1, -0.05) is 36.4 Å². The summed E-state index contributed by atoms with van der Waals surface area (Å²) in [5, 5.41) is 0.926. The maximum Gasteiger partial charge on any atom is 0.316 e. The van der Waals surface area contributed by atoms with Crippen molar-refractivity contribution in [2.75, 3.05) is 13.2 Å². The summed E-state index contributed by atoms with van der Waals surface area (Å²) in [6.45, 7) is 2.25. The molecule has 1 atom stereocenters. The minimum Gasteiger partial charge on any atom is -0.465 e. The first-order valence-corrected chi connectivity index (χ1v) is 10.3. The van der Waals surface area contributed by atoms with Crippen LogP contribution in [0.15, 0.2) is 59.5 Å². The van der Waals surface area contributed by atoms with Gasteiger partial charge in [0, 0.05) is 29.7 Å². The van der Waals surface area contributed by atoms with E-state index in [1.807, 2.05) is 24.3 Å². The molecule has 7 heteroatoms. The summed E-state index contributed by atoms with van der Waals surface area (Å²) in [5.74, 6) is -1.10. The van der Waals surface area contributed by atoms with E-state index >= 15 is 0 Å². The summed E-state index contributed by atoms with van der Waals surface area (Å²) in [5.41, 5.74) is 2.46. The summed E-state index contributed by atoms with van der Waals surface area (Å²) in [4.78, 5) is 16.1. The van der Waals surface area contributed by atoms with Gasteiger partial charge in [-0.25, -0.2) is 8.42 Å². The molecule has 1 unspecified atom stereocenters. The molecule has 0 fully saturated rings. The summed E-state index contributed by atoms with van der Waals surface area (Å²) in [6.07, 6.45) is 0. The number of ether oxygens (including phenoxy) is 1. The normalized spacial score (nSPS) is 17.6. The van der Waals surface area contributed by atoms with Crippen LogP contribution in [0.3, 0.4) is 0 Å². The average Bonchev–Trinajstić information content (AvgIpc) is 3.07. The molecular weight excluding hydrogens is 364 g/mol. The van der Waals surface area contributed by atoms with E-state index in [2.05, 4.69) is 4.98 Å². The van der Waals surface area contributed by atoms with E-state index in [0.29, 0.717) is 0 Å². The van der Waals surface area contributed by atoms with Gasteiger partial charge in [0.2, 0.25) is 10.0 Å². The van der Waals surface area contributed by atoms with Gasteiger partial charge < -0.3 is 9.72 Å². The van der Waals surface area contributed by atoms with Crippen LogP contribution in [0.2, 0.25) is 0 Å². The number of esters is 1. The standard InChI is InChI=1S/C20H20N2O4S/c1-2-26-20(23)17-13-22(27(24,25)14-8-4-3-5-9-14)12-16-15-10-6-7-11-18(15)21-19(16)17/h3-11,17,21H,2,12-13H2,1H3. The van der Waals surface area contributed by atoms with Gasteiger partial charge in [-0.2, -0.15) is 4.31 Å². The molecule has 1 N–H and O–H groups in total. The zero-order valence-corrected chi connectivity index (χ0v) is 15.7. The van der Waals surface area contributed by atoms with E-state index in [0.717, 1.165) is 22.2 Å². The molecule has 3 aromatic rings. The van der Waals surface area contributed by atoms with Crippen LogP contribution in [0.1, 0.15) is 24.1 Å². The highest BCUT2D eigenvalue weighted by atomic mass is 32.2. The number of sulfonamides is 1. The lowest BCUT2D eigenvalue weighted by molar-refractivity contribution is -0.145. The number of aromatic nitrogens is 1. The molecule has 4 rings (SSSR count). The minimum atomic E-state index is -3.72. The number of rotatable bonds is 4. The van der Waals surface area contributed by atoms with Gasteiger partial charge >= 0.3 is 5.97 Å². The maximum atomic E-state index is 13.1. The third-order valence-corrected chi connectivity index (χ3v) is 6.69. The largest absolute Gasteiger partial charge is 0.465 e. The second kappa shape index (κ2) is 6.83. The molecule has 1 aliphatic rings. The van der Waals surface area contributed by atoms with Gasteiger partial charge in [0.05, 0.1) is 11.5 Å². The van der Waals surface area contributed by atoms with Crippen LogP contribution in [0.25, 0.3) is 10.9 Å². The van der Waals surface area contributed by atoms with Crippen LogP contribution in [0.4, 0.5) is 0 Å². The summed E-state index contributed by atoms with van der Waals surface area (Å²) in [7, 11) is -3.72. The zero-order valence-electron chi connectivity index (χ0n) is 14.9. The van der Waals surface area contributed by atoms with Crippen LogP contribution in [0.5, 0.6) is 0 Å². The van der Waals surface area contributed by atoms with E-state index in [4.69, 9.17) is 4.74 Å². The number of aromatic amines is 1. The van der Waals surface area contributed by atoms with Crippen molar-refractivity contribution in [1.82, 2.24) is 9.29 Å². The molecule has 0 aliphatic carbocycles. The number of fused-ring (bicyclic) bond motifs is 3. The fraction of sp³-hybridized carbons (Fsp3) is 0.250. The molecule has 2 aromatic carbocycles. The second-order valence-corrected chi connectivity index (χ2v) is 8.42. The molecule has 0 saturated heterocycles. The monoisotopic (exact) mass is 384 g/mol. The molecule has 0 saturated carbocycles. The van der Waals surface area contributed by atoms with E-state index in [9.17, 15) is 13.2 Å². The Morgan fingerprint density at radius 2 is 1.85 bits per heavy atom. The lowest BCUT2D eigenvalue weighted by Crippen LogP contribution is -2.41. The van der Waals surface area contributed by atoms with Gasteiger partial charge in [0.25, 0.3) is 0 Å². The Kier molecular flexibility index (Phi) is 4.49. The van der Waals surface area contributed by atoms with Crippen molar-refractivity contribution in [3.05, 3.63) is 65.9 Å². The van der Waals surface area contributed by atoms with Crippen LogP contribution < -0.4 is 0 Å². The van der Waals surface area contributed by atoms with Gasteiger partial charge in [-0.05, 0) is 30.7 Å². The van der Waals surface area contributed by atoms with Crippen molar-refractivity contribution in [2.45, 2.75) is 24.3 Å². The van der Waals surface area contributed by atoms with E-state index in [1.165, 1.54) is 4.31 Å². The fourth-order valence-electron chi connectivity index (χ4n) is 3.58. The number of para-hydroxylation sites is 1. The number of H-pyrrole nitrogens is 1. The SMILES string of the molecule is CCOC(=O)C1CN(S(=O)(=O)c2ccccc2)Cc2c1[nH]c1ccccc21. The number of nitrogens with one attached hydrogen (secondary N) is 1. The zero-order chi connectivity index (χ0) is 19.0. The highest BCUT2D eigenvalue weighted by Crippen LogP contribution is 2.36. The molecule has 0 bridgehead atoms. The first-order valence-electron chi connectivity index (χ1n) is 8.83. The van der Waals surface area contributed by atoms with E-state index in [1.54, 1.807) is 37.3 Å². The van der Waals surface area contributed by atoms with E-state index in [-0.39, 0.29) is 24.6 Å². The molecule has 140 valence electrons. The average molecular weight is 384 g/mol. The molecule has 27 heavy (non-hydrogen) atoms. The predicted molar refractivity (Wildman–Crippen MR) is 102 cm³/mol. The van der Waals surface area contributed by atoms with Crippen LogP contribution >= 0.6 is 0 Å². The Morgan fingerprint density at radius 1 is 1.15 bits per heavy atom. The number of hydrogen-bond acceptors (Lipinski definition) is 4. The van der Waals surface area contributed by atoms with Crippen LogP contribution in [0, 0.1) is 0 Å². The molecule has 6 nitrogen and oxygen atoms in total. The third kappa shape index (κ3) is 3.02. The maximum absolute atomic E-state index is 13.1.